The Hall–Kier alpha value is -2.89. The van der Waals surface area contributed by atoms with Gasteiger partial charge in [-0.05, 0) is 37.8 Å². The Bertz CT molecular complexity index is 1100. The van der Waals surface area contributed by atoms with Crippen LogP contribution < -0.4 is 5.56 Å². The van der Waals surface area contributed by atoms with E-state index in [9.17, 15) is 14.0 Å². The Balaban J connectivity index is 1.77. The topological polar surface area (TPSA) is 55.5 Å². The molecule has 1 aromatic carbocycles. The predicted molar refractivity (Wildman–Crippen MR) is 105 cm³/mol. The highest BCUT2D eigenvalue weighted by molar-refractivity contribution is 6.06. The first kappa shape index (κ1) is 18.5. The molecule has 6 heteroatoms. The lowest BCUT2D eigenvalue weighted by Gasteiger charge is -2.30. The lowest BCUT2D eigenvalue weighted by molar-refractivity contribution is 0.0683. The van der Waals surface area contributed by atoms with E-state index in [-0.39, 0.29) is 29.2 Å². The van der Waals surface area contributed by atoms with Crippen LogP contribution in [0.25, 0.3) is 11.0 Å². The Labute approximate surface area is 162 Å². The number of fused-ring (bicyclic) bond motifs is 1. The summed E-state index contributed by atoms with van der Waals surface area (Å²) in [7, 11) is 0. The molecule has 1 atom stereocenters. The minimum absolute atomic E-state index is 0.0973. The Kier molecular flexibility index (Phi) is 4.79. The van der Waals surface area contributed by atoms with Crippen LogP contribution in [0.5, 0.6) is 0 Å². The largest absolute Gasteiger partial charge is 0.460 e. The van der Waals surface area contributed by atoms with Crippen molar-refractivity contribution in [1.82, 2.24) is 9.47 Å². The quantitative estimate of drug-likeness (QED) is 0.689. The van der Waals surface area contributed by atoms with Crippen molar-refractivity contribution in [2.24, 2.45) is 5.92 Å². The van der Waals surface area contributed by atoms with Crippen LogP contribution in [0.3, 0.4) is 0 Å². The molecule has 5 nitrogen and oxygen atoms in total. The third-order valence-electron chi connectivity index (χ3n) is 5.45. The number of piperidine rings is 1. The molecule has 0 radical (unpaired) electrons. The van der Waals surface area contributed by atoms with Gasteiger partial charge in [-0.3, -0.25) is 9.59 Å². The maximum atomic E-state index is 14.0. The van der Waals surface area contributed by atoms with Gasteiger partial charge in [-0.25, -0.2) is 4.39 Å². The van der Waals surface area contributed by atoms with Gasteiger partial charge in [0.25, 0.3) is 11.5 Å². The molecule has 0 bridgehead atoms. The molecule has 4 rings (SSSR count). The van der Waals surface area contributed by atoms with Crippen molar-refractivity contribution in [2.75, 3.05) is 13.1 Å². The molecule has 1 saturated heterocycles. The molecule has 0 saturated carbocycles. The summed E-state index contributed by atoms with van der Waals surface area (Å²) in [5, 5.41) is 0.277. The molecule has 0 spiro atoms. The number of benzene rings is 1. The molecule has 28 heavy (non-hydrogen) atoms. The first-order valence-electron chi connectivity index (χ1n) is 9.61. The van der Waals surface area contributed by atoms with Crippen molar-refractivity contribution in [1.29, 1.82) is 0 Å². The van der Waals surface area contributed by atoms with Crippen molar-refractivity contribution in [3.05, 3.63) is 69.6 Å². The molecule has 1 amide bonds. The average molecular weight is 382 g/mol. The summed E-state index contributed by atoms with van der Waals surface area (Å²) in [5.74, 6) is 0.355. The van der Waals surface area contributed by atoms with Crippen LogP contribution in [-0.4, -0.2) is 28.5 Å². The zero-order chi connectivity index (χ0) is 19.8. The summed E-state index contributed by atoms with van der Waals surface area (Å²) < 4.78 is 21.2. The molecule has 0 N–H and O–H groups in total. The first-order chi connectivity index (χ1) is 13.5. The Morgan fingerprint density at radius 1 is 1.29 bits per heavy atom. The number of aromatic nitrogens is 1. The summed E-state index contributed by atoms with van der Waals surface area (Å²) in [6, 6.07) is 8.03. The number of halogens is 1. The van der Waals surface area contributed by atoms with Crippen LogP contribution in [0.15, 0.2) is 45.7 Å². The monoisotopic (exact) mass is 382 g/mol. The fourth-order valence-electron chi connectivity index (χ4n) is 3.99. The van der Waals surface area contributed by atoms with Crippen LogP contribution in [0, 0.1) is 18.7 Å². The van der Waals surface area contributed by atoms with Crippen LogP contribution in [-0.2, 0) is 6.54 Å². The number of pyridine rings is 1. The summed E-state index contributed by atoms with van der Waals surface area (Å²) in [4.78, 5) is 28.1. The van der Waals surface area contributed by atoms with Gasteiger partial charge in [0, 0.05) is 24.8 Å². The highest BCUT2D eigenvalue weighted by atomic mass is 19.1. The predicted octanol–water partition coefficient (Wildman–Crippen LogP) is 3.96. The van der Waals surface area contributed by atoms with E-state index in [0.29, 0.717) is 41.5 Å². The number of carbonyl (C=O) groups is 1. The molecule has 3 heterocycles. The number of nitrogens with zero attached hydrogens (tertiary/aromatic N) is 2. The summed E-state index contributed by atoms with van der Waals surface area (Å²) in [6.45, 7) is 5.30. The van der Waals surface area contributed by atoms with Crippen molar-refractivity contribution < 1.29 is 13.6 Å². The van der Waals surface area contributed by atoms with E-state index < -0.39 is 0 Å². The molecular formula is C22H23FN2O3. The Morgan fingerprint density at radius 3 is 2.82 bits per heavy atom. The van der Waals surface area contributed by atoms with Gasteiger partial charge < -0.3 is 13.9 Å². The number of aryl methyl sites for hydroxylation is 1. The average Bonchev–Trinajstić information content (AvgIpc) is 3.02. The number of likely N-dealkylation sites (tertiary alicyclic amines) is 1. The number of carbonyl (C=O) groups excluding carboxylic acids is 1. The smallest absolute Gasteiger partial charge is 0.262 e. The van der Waals surface area contributed by atoms with Gasteiger partial charge in [0.05, 0.1) is 17.5 Å². The van der Waals surface area contributed by atoms with Gasteiger partial charge in [-0.15, -0.1) is 0 Å². The van der Waals surface area contributed by atoms with E-state index in [1.165, 1.54) is 10.6 Å². The number of hydrogen-bond acceptors (Lipinski definition) is 3. The highest BCUT2D eigenvalue weighted by Gasteiger charge is 2.28. The van der Waals surface area contributed by atoms with Gasteiger partial charge in [-0.1, -0.05) is 25.1 Å². The summed E-state index contributed by atoms with van der Waals surface area (Å²) in [6.07, 6.45) is 3.64. The fraction of sp³-hybridized carbons (Fsp3) is 0.364. The molecule has 0 aliphatic carbocycles. The van der Waals surface area contributed by atoms with E-state index in [1.807, 2.05) is 0 Å². The van der Waals surface area contributed by atoms with Gasteiger partial charge in [0.15, 0.2) is 0 Å². The van der Waals surface area contributed by atoms with Gasteiger partial charge in [0.1, 0.15) is 17.2 Å². The third-order valence-corrected chi connectivity index (χ3v) is 5.45. The second-order valence-electron chi connectivity index (χ2n) is 7.61. The van der Waals surface area contributed by atoms with Crippen molar-refractivity contribution in [3.63, 3.8) is 0 Å². The molecule has 1 aliphatic rings. The molecule has 146 valence electrons. The number of amides is 1. The second kappa shape index (κ2) is 7.26. The Morgan fingerprint density at radius 2 is 2.07 bits per heavy atom. The highest BCUT2D eigenvalue weighted by Crippen LogP contribution is 2.26. The van der Waals surface area contributed by atoms with Crippen molar-refractivity contribution in [3.8, 4) is 0 Å². The van der Waals surface area contributed by atoms with Gasteiger partial charge >= 0.3 is 0 Å². The standard InChI is InChI=1S/C22H23FN2O3/c1-14-6-5-10-24(12-14)21(26)19-15(2)28-18-9-11-25(22(27)20(18)19)13-16-7-3-4-8-17(16)23/h3-4,7-9,11,14H,5-6,10,12-13H2,1-2H3/t14-/m1/s1. The summed E-state index contributed by atoms with van der Waals surface area (Å²) >= 11 is 0. The molecule has 0 unspecified atom stereocenters. The summed E-state index contributed by atoms with van der Waals surface area (Å²) in [5.41, 5.74) is 0.797. The second-order valence-corrected chi connectivity index (χ2v) is 7.61. The fourth-order valence-corrected chi connectivity index (χ4v) is 3.99. The van der Waals surface area contributed by atoms with E-state index in [0.717, 1.165) is 12.8 Å². The zero-order valence-corrected chi connectivity index (χ0v) is 16.1. The van der Waals surface area contributed by atoms with Gasteiger partial charge in [0.2, 0.25) is 0 Å². The normalized spacial score (nSPS) is 17.2. The molecule has 3 aromatic rings. The zero-order valence-electron chi connectivity index (χ0n) is 16.1. The SMILES string of the molecule is Cc1oc2ccn(Cc3ccccc3F)c(=O)c2c1C(=O)N1CCC[C@@H](C)C1. The van der Waals surface area contributed by atoms with Crippen LogP contribution in [0.1, 0.15) is 41.4 Å². The van der Waals surface area contributed by atoms with Gasteiger partial charge in [-0.2, -0.15) is 0 Å². The first-order valence-corrected chi connectivity index (χ1v) is 9.61. The molecular weight excluding hydrogens is 359 g/mol. The van der Waals surface area contributed by atoms with E-state index in [1.54, 1.807) is 42.3 Å². The van der Waals surface area contributed by atoms with E-state index >= 15 is 0 Å². The number of rotatable bonds is 3. The van der Waals surface area contributed by atoms with Crippen molar-refractivity contribution in [2.45, 2.75) is 33.2 Å². The maximum absolute atomic E-state index is 14.0. The number of furan rings is 1. The maximum Gasteiger partial charge on any atom is 0.262 e. The lowest BCUT2D eigenvalue weighted by atomic mass is 9.99. The van der Waals surface area contributed by atoms with Crippen LogP contribution in [0.4, 0.5) is 4.39 Å². The third kappa shape index (κ3) is 3.23. The van der Waals surface area contributed by atoms with E-state index in [2.05, 4.69) is 6.92 Å². The van der Waals surface area contributed by atoms with Crippen LogP contribution in [0.2, 0.25) is 0 Å². The molecule has 1 fully saturated rings. The molecule has 1 aliphatic heterocycles. The minimum Gasteiger partial charge on any atom is -0.460 e. The van der Waals surface area contributed by atoms with E-state index in [4.69, 9.17) is 4.42 Å². The van der Waals surface area contributed by atoms with Crippen molar-refractivity contribution >= 4 is 16.9 Å². The molecule has 2 aromatic heterocycles. The van der Waals surface area contributed by atoms with Crippen LogP contribution >= 0.6 is 0 Å². The number of hydrogen-bond donors (Lipinski definition) is 0. The minimum atomic E-state index is -0.364. The lowest BCUT2D eigenvalue weighted by Crippen LogP contribution is -2.39.